The highest BCUT2D eigenvalue weighted by Gasteiger charge is 2.35. The minimum atomic E-state index is -0.809. The third-order valence-electron chi connectivity index (χ3n) is 5.92. The van der Waals surface area contributed by atoms with E-state index in [1.807, 2.05) is 12.1 Å². The van der Waals surface area contributed by atoms with E-state index < -0.39 is 12.0 Å². The average Bonchev–Trinajstić information content (AvgIpc) is 3.21. The predicted molar refractivity (Wildman–Crippen MR) is 157 cm³/mol. The number of aromatic nitrogens is 1. The molecule has 2 aromatic carbocycles. The fraction of sp³-hybridized carbons (Fsp3) is 0.250. The molecule has 0 aliphatic carbocycles. The lowest BCUT2D eigenvalue weighted by atomic mass is 9.95. The van der Waals surface area contributed by atoms with Crippen LogP contribution in [-0.4, -0.2) is 38.0 Å². The first kappa shape index (κ1) is 28.8. The molecule has 8 nitrogen and oxygen atoms in total. The van der Waals surface area contributed by atoms with Crippen LogP contribution in [0.25, 0.3) is 6.08 Å². The van der Waals surface area contributed by atoms with Gasteiger partial charge in [0.25, 0.3) is 5.56 Å². The van der Waals surface area contributed by atoms with Crippen LogP contribution in [0.2, 0.25) is 0 Å². The van der Waals surface area contributed by atoms with Crippen LogP contribution in [0.4, 0.5) is 0 Å². The molecule has 0 fully saturated rings. The summed E-state index contributed by atoms with van der Waals surface area (Å²) in [4.78, 5) is 32.2. The van der Waals surface area contributed by atoms with Gasteiger partial charge in [0.05, 0.1) is 45.6 Å². The maximum Gasteiger partial charge on any atom is 0.338 e. The van der Waals surface area contributed by atoms with Gasteiger partial charge in [-0.3, -0.25) is 9.36 Å². The topological polar surface area (TPSA) is 88.3 Å². The van der Waals surface area contributed by atoms with Crippen LogP contribution in [0.5, 0.6) is 17.2 Å². The molecule has 1 atom stereocenters. The Balaban J connectivity index is 1.94. The van der Waals surface area contributed by atoms with Gasteiger partial charge in [0, 0.05) is 11.6 Å². The van der Waals surface area contributed by atoms with E-state index in [0.717, 1.165) is 14.5 Å². The molecule has 0 saturated carbocycles. The molecule has 0 saturated heterocycles. The zero-order valence-corrected chi connectivity index (χ0v) is 25.7. The first-order chi connectivity index (χ1) is 18.7. The number of benzene rings is 2. The second-order valence-electron chi connectivity index (χ2n) is 8.32. The third kappa shape index (κ3) is 5.75. The average molecular weight is 678 g/mol. The smallest absolute Gasteiger partial charge is 0.338 e. The van der Waals surface area contributed by atoms with Gasteiger partial charge in [-0.2, -0.15) is 0 Å². The summed E-state index contributed by atoms with van der Waals surface area (Å²) in [6, 6.07) is 8.18. The number of hydrogen-bond donors (Lipinski definition) is 0. The summed E-state index contributed by atoms with van der Waals surface area (Å²) in [6.07, 6.45) is 3.44. The van der Waals surface area contributed by atoms with Crippen molar-refractivity contribution in [2.75, 3.05) is 27.4 Å². The van der Waals surface area contributed by atoms with Crippen molar-refractivity contribution in [2.45, 2.75) is 19.9 Å². The summed E-state index contributed by atoms with van der Waals surface area (Å²) in [5.74, 6) is 1.14. The van der Waals surface area contributed by atoms with Crippen molar-refractivity contribution >= 4 is 55.2 Å². The number of methoxy groups -OCH3 is 2. The van der Waals surface area contributed by atoms with E-state index in [9.17, 15) is 9.59 Å². The first-order valence-corrected chi connectivity index (χ1v) is 14.3. The van der Waals surface area contributed by atoms with E-state index >= 15 is 0 Å². The predicted octanol–water partition coefficient (Wildman–Crippen LogP) is 4.91. The van der Waals surface area contributed by atoms with Crippen LogP contribution < -0.4 is 29.1 Å². The third-order valence-corrected chi connectivity index (χ3v) is 8.08. The molecule has 1 aliphatic heterocycles. The Kier molecular flexibility index (Phi) is 9.14. The number of nitrogens with zero attached hydrogens (tertiary/aromatic N) is 2. The van der Waals surface area contributed by atoms with Crippen molar-refractivity contribution in [1.82, 2.24) is 4.57 Å². The van der Waals surface area contributed by atoms with Gasteiger partial charge in [-0.1, -0.05) is 24.0 Å². The highest BCUT2D eigenvalue weighted by molar-refractivity contribution is 9.11. The van der Waals surface area contributed by atoms with Gasteiger partial charge in [-0.25, -0.2) is 9.79 Å². The number of hydrogen-bond acceptors (Lipinski definition) is 8. The number of halogens is 2. The Bertz CT molecular complexity index is 1630. The highest BCUT2D eigenvalue weighted by Crippen LogP contribution is 2.38. The molecule has 11 heteroatoms. The molecule has 0 bridgehead atoms. The number of rotatable bonds is 9. The Morgan fingerprint density at radius 3 is 2.51 bits per heavy atom. The second kappa shape index (κ2) is 12.4. The molecular formula is C28H26Br2N2O6S. The van der Waals surface area contributed by atoms with Crippen molar-refractivity contribution in [3.05, 3.63) is 94.0 Å². The van der Waals surface area contributed by atoms with E-state index in [-0.39, 0.29) is 17.7 Å². The maximum atomic E-state index is 13.9. The number of carbonyl (C=O) groups is 1. The van der Waals surface area contributed by atoms with E-state index in [1.165, 1.54) is 23.0 Å². The first-order valence-electron chi connectivity index (χ1n) is 11.9. The van der Waals surface area contributed by atoms with Crippen LogP contribution in [0.15, 0.2) is 73.0 Å². The van der Waals surface area contributed by atoms with Crippen molar-refractivity contribution in [1.29, 1.82) is 0 Å². The van der Waals surface area contributed by atoms with E-state index in [1.54, 1.807) is 51.3 Å². The normalized spacial score (nSPS) is 14.9. The minimum absolute atomic E-state index is 0.183. The minimum Gasteiger partial charge on any atom is -0.497 e. The number of ether oxygens (including phenoxy) is 4. The molecule has 3 aromatic rings. The van der Waals surface area contributed by atoms with Gasteiger partial charge < -0.3 is 18.9 Å². The van der Waals surface area contributed by atoms with Gasteiger partial charge in [-0.15, -0.1) is 0 Å². The van der Waals surface area contributed by atoms with Crippen LogP contribution in [-0.2, 0) is 9.53 Å². The fourth-order valence-corrected chi connectivity index (χ4v) is 6.72. The maximum absolute atomic E-state index is 13.9. The lowest BCUT2D eigenvalue weighted by Crippen LogP contribution is -2.40. The number of thiazole rings is 1. The summed E-state index contributed by atoms with van der Waals surface area (Å²) in [5, 5.41) is 0. The fourth-order valence-electron chi connectivity index (χ4n) is 4.22. The number of esters is 1. The molecule has 204 valence electrons. The molecule has 2 heterocycles. The second-order valence-corrected chi connectivity index (χ2v) is 11.0. The Morgan fingerprint density at radius 1 is 1.18 bits per heavy atom. The van der Waals surface area contributed by atoms with E-state index in [0.29, 0.717) is 44.4 Å². The van der Waals surface area contributed by atoms with Gasteiger partial charge in [-0.05, 0) is 81.6 Å². The molecule has 1 aromatic heterocycles. The summed E-state index contributed by atoms with van der Waals surface area (Å²) < 4.78 is 25.5. The molecular weight excluding hydrogens is 652 g/mol. The quantitative estimate of drug-likeness (QED) is 0.237. The largest absolute Gasteiger partial charge is 0.497 e. The summed E-state index contributed by atoms with van der Waals surface area (Å²) in [6.45, 7) is 7.68. The van der Waals surface area contributed by atoms with Crippen molar-refractivity contribution in [3.63, 3.8) is 0 Å². The standard InChI is InChI=1S/C28H26Br2N2O6S/c1-6-10-38-25-19(29)11-16(12-20(25)30)13-22-26(33)32-24(18-9-8-17(35-4)14-21(18)36-5)23(27(34)37-7-2)15(3)31-28(32)39-22/h6,8-9,11-14,24H,1,7,10H2,2-5H3/b22-13-/t24-/m1/s1. The van der Waals surface area contributed by atoms with E-state index in [2.05, 4.69) is 43.4 Å². The molecule has 39 heavy (non-hydrogen) atoms. The van der Waals surface area contributed by atoms with Gasteiger partial charge in [0.1, 0.15) is 29.9 Å². The molecule has 0 spiro atoms. The number of allylic oxidation sites excluding steroid dienone is 1. The number of carbonyl (C=O) groups excluding carboxylic acids is 1. The van der Waals surface area contributed by atoms with Crippen molar-refractivity contribution < 1.29 is 23.7 Å². The monoisotopic (exact) mass is 676 g/mol. The zero-order chi connectivity index (χ0) is 28.3. The van der Waals surface area contributed by atoms with Crippen LogP contribution in [0, 0.1) is 0 Å². The molecule has 0 unspecified atom stereocenters. The molecule has 0 N–H and O–H groups in total. The summed E-state index contributed by atoms with van der Waals surface area (Å²) in [5.41, 5.74) is 1.82. The van der Waals surface area contributed by atoms with Gasteiger partial charge in [0.15, 0.2) is 4.80 Å². The molecule has 0 radical (unpaired) electrons. The Morgan fingerprint density at radius 2 is 1.90 bits per heavy atom. The van der Waals surface area contributed by atoms with E-state index in [4.69, 9.17) is 18.9 Å². The van der Waals surface area contributed by atoms with Crippen LogP contribution in [0.3, 0.4) is 0 Å². The molecule has 0 amide bonds. The lowest BCUT2D eigenvalue weighted by molar-refractivity contribution is -0.139. The molecule has 1 aliphatic rings. The number of fused-ring (bicyclic) bond motifs is 1. The van der Waals surface area contributed by atoms with Crippen molar-refractivity contribution in [3.8, 4) is 17.2 Å². The zero-order valence-electron chi connectivity index (χ0n) is 21.7. The SMILES string of the molecule is C=CCOc1c(Br)cc(/C=c2\sc3n(c2=O)[C@H](c2ccc(OC)cc2OC)C(C(=O)OCC)=C(C)N=3)cc1Br. The Hall–Kier alpha value is -3.15. The van der Waals surface area contributed by atoms with Crippen LogP contribution >= 0.6 is 43.2 Å². The van der Waals surface area contributed by atoms with Crippen LogP contribution in [0.1, 0.15) is 31.0 Å². The molecule has 4 rings (SSSR count). The highest BCUT2D eigenvalue weighted by atomic mass is 79.9. The Labute approximate surface area is 246 Å². The summed E-state index contributed by atoms with van der Waals surface area (Å²) >= 11 is 8.32. The van der Waals surface area contributed by atoms with Gasteiger partial charge >= 0.3 is 5.97 Å². The summed E-state index contributed by atoms with van der Waals surface area (Å²) in [7, 11) is 3.08. The lowest BCUT2D eigenvalue weighted by Gasteiger charge is -2.26. The van der Waals surface area contributed by atoms with Crippen molar-refractivity contribution in [2.24, 2.45) is 4.99 Å². The van der Waals surface area contributed by atoms with Gasteiger partial charge in [0.2, 0.25) is 0 Å².